The first kappa shape index (κ1) is 20.1. The summed E-state index contributed by atoms with van der Waals surface area (Å²) in [7, 11) is 0. The highest BCUT2D eigenvalue weighted by molar-refractivity contribution is 5.93. The minimum absolute atomic E-state index is 0.105. The maximum Gasteiger partial charge on any atom is 0.338 e. The Labute approximate surface area is 157 Å². The van der Waals surface area contributed by atoms with Crippen LogP contribution in [0.25, 0.3) is 0 Å². The molecule has 7 nitrogen and oxygen atoms in total. The van der Waals surface area contributed by atoms with E-state index >= 15 is 0 Å². The fourth-order valence-electron chi connectivity index (χ4n) is 2.38. The number of nitro groups is 1. The van der Waals surface area contributed by atoms with Gasteiger partial charge in [0.15, 0.2) is 0 Å². The van der Waals surface area contributed by atoms with E-state index in [1.165, 1.54) is 36.4 Å². The van der Waals surface area contributed by atoms with Gasteiger partial charge in [0, 0.05) is 6.07 Å². The molecule has 0 saturated heterocycles. The number of benzene rings is 2. The number of carbonyl (C=O) groups is 2. The molecule has 0 saturated carbocycles. The van der Waals surface area contributed by atoms with Crippen molar-refractivity contribution >= 4 is 17.6 Å². The Bertz CT molecular complexity index is 800. The predicted octanol–water partition coefficient (Wildman–Crippen LogP) is 4.30. The van der Waals surface area contributed by atoms with Gasteiger partial charge in [-0.25, -0.2) is 9.59 Å². The summed E-state index contributed by atoms with van der Waals surface area (Å²) in [6.07, 6.45) is 2.86. The van der Waals surface area contributed by atoms with Gasteiger partial charge in [-0.2, -0.15) is 0 Å². The summed E-state index contributed by atoms with van der Waals surface area (Å²) in [5, 5.41) is 11.0. The molecule has 142 valence electrons. The monoisotopic (exact) mass is 371 g/mol. The average Bonchev–Trinajstić information content (AvgIpc) is 2.69. The van der Waals surface area contributed by atoms with Gasteiger partial charge in [-0.05, 0) is 36.8 Å². The topological polar surface area (TPSA) is 95.7 Å². The Morgan fingerprint density at radius 2 is 1.52 bits per heavy atom. The lowest BCUT2D eigenvalue weighted by Gasteiger charge is -2.07. The molecule has 0 aromatic heterocycles. The molecule has 7 heteroatoms. The van der Waals surface area contributed by atoms with Crippen molar-refractivity contribution in [2.24, 2.45) is 0 Å². The van der Waals surface area contributed by atoms with Crippen molar-refractivity contribution in [2.75, 3.05) is 6.61 Å². The zero-order valence-electron chi connectivity index (χ0n) is 15.1. The summed E-state index contributed by atoms with van der Waals surface area (Å²) in [6, 6.07) is 12.0. The molecule has 0 bridgehead atoms. The van der Waals surface area contributed by atoms with Crippen LogP contribution in [0.1, 0.15) is 52.5 Å². The molecule has 0 aliphatic carbocycles. The minimum atomic E-state index is -0.629. The molecule has 0 radical (unpaired) electrons. The number of nitro benzene ring substituents is 1. The zero-order chi connectivity index (χ0) is 19.6. The fourth-order valence-corrected chi connectivity index (χ4v) is 2.38. The Morgan fingerprint density at radius 1 is 0.926 bits per heavy atom. The molecule has 0 amide bonds. The first-order valence-corrected chi connectivity index (χ1v) is 8.69. The third-order valence-electron chi connectivity index (χ3n) is 3.88. The van der Waals surface area contributed by atoms with Crippen LogP contribution in [0, 0.1) is 10.1 Å². The van der Waals surface area contributed by atoms with Gasteiger partial charge in [0.05, 0.1) is 28.2 Å². The van der Waals surface area contributed by atoms with E-state index in [4.69, 9.17) is 9.47 Å². The summed E-state index contributed by atoms with van der Waals surface area (Å²) < 4.78 is 10.3. The number of hydrogen-bond acceptors (Lipinski definition) is 6. The highest BCUT2D eigenvalue weighted by Gasteiger charge is 2.15. The van der Waals surface area contributed by atoms with Crippen molar-refractivity contribution in [3.63, 3.8) is 0 Å². The second-order valence-electron chi connectivity index (χ2n) is 5.88. The van der Waals surface area contributed by atoms with Crippen molar-refractivity contribution in [1.82, 2.24) is 0 Å². The summed E-state index contributed by atoms with van der Waals surface area (Å²) in [5.74, 6) is -1.07. The molecule has 0 aliphatic heterocycles. The van der Waals surface area contributed by atoms with Crippen molar-refractivity contribution < 1.29 is 24.0 Å². The van der Waals surface area contributed by atoms with E-state index in [1.807, 2.05) is 0 Å². The van der Waals surface area contributed by atoms with Crippen LogP contribution in [0.5, 0.6) is 0 Å². The van der Waals surface area contributed by atoms with Gasteiger partial charge in [0.1, 0.15) is 6.61 Å². The summed E-state index contributed by atoms with van der Waals surface area (Å²) in [5.41, 5.74) is 0.799. The lowest BCUT2D eigenvalue weighted by molar-refractivity contribution is -0.385. The van der Waals surface area contributed by atoms with Crippen LogP contribution in [0.15, 0.2) is 48.5 Å². The van der Waals surface area contributed by atoms with Crippen LogP contribution in [0.2, 0.25) is 0 Å². The number of rotatable bonds is 9. The molecule has 2 rings (SSSR count). The molecule has 0 atom stereocenters. The Balaban J connectivity index is 1.92. The quantitative estimate of drug-likeness (QED) is 0.282. The molecule has 0 heterocycles. The third-order valence-corrected chi connectivity index (χ3v) is 3.88. The van der Waals surface area contributed by atoms with Crippen molar-refractivity contribution in [2.45, 2.75) is 32.8 Å². The van der Waals surface area contributed by atoms with Crippen LogP contribution in [-0.2, 0) is 16.1 Å². The van der Waals surface area contributed by atoms with Crippen LogP contribution in [-0.4, -0.2) is 23.5 Å². The highest BCUT2D eigenvalue weighted by atomic mass is 16.6. The van der Waals surface area contributed by atoms with Crippen LogP contribution in [0.4, 0.5) is 5.69 Å². The molecule has 0 unspecified atom stereocenters. The SMILES string of the molecule is CCCCCOC(=O)c1ccc(C(=O)OCc2ccccc2[N+](=O)[O-])cc1. The predicted molar refractivity (Wildman–Crippen MR) is 98.5 cm³/mol. The van der Waals surface area contributed by atoms with Gasteiger partial charge in [0.2, 0.25) is 0 Å². The van der Waals surface area contributed by atoms with Crippen molar-refractivity contribution in [3.8, 4) is 0 Å². The highest BCUT2D eigenvalue weighted by Crippen LogP contribution is 2.19. The van der Waals surface area contributed by atoms with E-state index in [0.29, 0.717) is 17.7 Å². The summed E-state index contributed by atoms with van der Waals surface area (Å²) >= 11 is 0. The smallest absolute Gasteiger partial charge is 0.338 e. The molecule has 0 spiro atoms. The number of para-hydroxylation sites is 1. The van der Waals surface area contributed by atoms with E-state index < -0.39 is 16.9 Å². The first-order valence-electron chi connectivity index (χ1n) is 8.69. The maximum absolute atomic E-state index is 12.1. The van der Waals surface area contributed by atoms with Gasteiger partial charge in [-0.1, -0.05) is 31.9 Å². The molecular weight excluding hydrogens is 350 g/mol. The van der Waals surface area contributed by atoms with Gasteiger partial charge in [0.25, 0.3) is 5.69 Å². The molecule has 0 aliphatic rings. The van der Waals surface area contributed by atoms with Crippen LogP contribution >= 0.6 is 0 Å². The number of ether oxygens (including phenoxy) is 2. The Morgan fingerprint density at radius 3 is 2.11 bits per heavy atom. The van der Waals surface area contributed by atoms with Crippen LogP contribution in [0.3, 0.4) is 0 Å². The Hall–Kier alpha value is -3.22. The van der Waals surface area contributed by atoms with E-state index in [1.54, 1.807) is 12.1 Å². The van der Waals surface area contributed by atoms with E-state index in [9.17, 15) is 19.7 Å². The van der Waals surface area contributed by atoms with Gasteiger partial charge in [-0.3, -0.25) is 10.1 Å². The third kappa shape index (κ3) is 5.91. The summed E-state index contributed by atoms with van der Waals surface area (Å²) in [6.45, 7) is 2.22. The number of unbranched alkanes of at least 4 members (excludes halogenated alkanes) is 2. The number of esters is 2. The van der Waals surface area contributed by atoms with E-state index in [-0.39, 0.29) is 17.9 Å². The van der Waals surface area contributed by atoms with Gasteiger partial charge in [-0.15, -0.1) is 0 Å². The molecule has 0 N–H and O–H groups in total. The van der Waals surface area contributed by atoms with E-state index in [2.05, 4.69) is 6.92 Å². The molecule has 27 heavy (non-hydrogen) atoms. The number of nitrogens with zero attached hydrogens (tertiary/aromatic N) is 1. The van der Waals surface area contributed by atoms with Gasteiger partial charge >= 0.3 is 11.9 Å². The fraction of sp³-hybridized carbons (Fsp3) is 0.300. The molecule has 2 aromatic rings. The zero-order valence-corrected chi connectivity index (χ0v) is 15.1. The largest absolute Gasteiger partial charge is 0.462 e. The summed E-state index contributed by atoms with van der Waals surface area (Å²) in [4.78, 5) is 34.5. The first-order chi connectivity index (χ1) is 13.0. The molecule has 0 fully saturated rings. The standard InChI is InChI=1S/C20H21NO6/c1-2-3-6-13-26-19(22)15-9-11-16(12-10-15)20(23)27-14-17-7-4-5-8-18(17)21(24)25/h4-5,7-12H,2-3,6,13-14H2,1H3. The normalized spacial score (nSPS) is 10.3. The van der Waals surface area contributed by atoms with Crippen molar-refractivity contribution in [3.05, 3.63) is 75.3 Å². The van der Waals surface area contributed by atoms with Crippen LogP contribution < -0.4 is 0 Å². The number of hydrogen-bond donors (Lipinski definition) is 0. The van der Waals surface area contributed by atoms with E-state index in [0.717, 1.165) is 19.3 Å². The number of carbonyl (C=O) groups excluding carboxylic acids is 2. The van der Waals surface area contributed by atoms with Crippen molar-refractivity contribution in [1.29, 1.82) is 0 Å². The lowest BCUT2D eigenvalue weighted by atomic mass is 10.1. The average molecular weight is 371 g/mol. The van der Waals surface area contributed by atoms with Gasteiger partial charge < -0.3 is 9.47 Å². The Kier molecular flexibility index (Phi) is 7.49. The second-order valence-corrected chi connectivity index (χ2v) is 5.88. The maximum atomic E-state index is 12.1. The molecular formula is C20H21NO6. The lowest BCUT2D eigenvalue weighted by Crippen LogP contribution is -2.09. The minimum Gasteiger partial charge on any atom is -0.462 e. The molecule has 2 aromatic carbocycles. The second kappa shape index (κ2) is 10.1.